The Morgan fingerprint density at radius 2 is 1.26 bits per heavy atom. The molecule has 0 N–H and O–H groups in total. The molecule has 4 saturated carbocycles. The standard InChI is InChI=1S/C70H65N4O.Pt/c1-42(2)48-36-61(43(3)4)69(62(37-48)44(5)6)49-34-53(73-41-72(7)65-21-12-13-22-66(65)73)39-55(35-49)75-54-24-26-60-59-17-10-11-20-64(59)74(67(60)40-54)68-38-50(27-28-71-68)70(51-30-45-29-46(32-51)33-52(70)31-45)63-19-14-18-57-56-16-9-8-15-47(56)23-25-58(57)63;/h8-28,34-38,41-46,51-52H,29-33H2,1-7H3;/q-3;. The van der Waals surface area contributed by atoms with Crippen LogP contribution in [0.2, 0.25) is 0 Å². The molecule has 15 rings (SSSR count). The van der Waals surface area contributed by atoms with Crippen molar-refractivity contribution >= 4 is 60.4 Å². The number of rotatable bonds is 10. The van der Waals surface area contributed by atoms with Gasteiger partial charge in [0, 0.05) is 61.1 Å². The van der Waals surface area contributed by atoms with Gasteiger partial charge in [-0.05, 0) is 171 Å². The monoisotopic (exact) mass is 1170 g/mol. The van der Waals surface area contributed by atoms with Crippen molar-refractivity contribution in [1.82, 2.24) is 9.55 Å². The van der Waals surface area contributed by atoms with Gasteiger partial charge in [0.1, 0.15) is 5.82 Å². The summed E-state index contributed by atoms with van der Waals surface area (Å²) < 4.78 is 9.49. The fraction of sp³-hybridized carbons (Fsp3) is 0.286. The summed E-state index contributed by atoms with van der Waals surface area (Å²) in [4.78, 5) is 9.74. The van der Waals surface area contributed by atoms with E-state index in [1.807, 2.05) is 0 Å². The predicted octanol–water partition coefficient (Wildman–Crippen LogP) is 18.4. The van der Waals surface area contributed by atoms with Gasteiger partial charge in [-0.1, -0.05) is 144 Å². The minimum atomic E-state index is -0.134. The maximum absolute atomic E-state index is 7.14. The van der Waals surface area contributed by atoms with Gasteiger partial charge in [-0.2, -0.15) is 12.7 Å². The van der Waals surface area contributed by atoms with Crippen molar-refractivity contribution in [2.24, 2.45) is 23.7 Å². The molecule has 1 aliphatic heterocycles. The Kier molecular flexibility index (Phi) is 12.1. The Labute approximate surface area is 463 Å². The van der Waals surface area contributed by atoms with Crippen LogP contribution in [0.25, 0.3) is 60.3 Å². The molecule has 384 valence electrons. The topological polar surface area (TPSA) is 33.5 Å². The molecule has 5 nitrogen and oxygen atoms in total. The van der Waals surface area contributed by atoms with Crippen LogP contribution >= 0.6 is 0 Å². The van der Waals surface area contributed by atoms with Gasteiger partial charge in [0.25, 0.3) is 0 Å². The number of ether oxygens (including phenoxy) is 1. The van der Waals surface area contributed by atoms with Crippen molar-refractivity contribution in [3.63, 3.8) is 0 Å². The fourth-order valence-corrected chi connectivity index (χ4v) is 15.1. The Balaban J connectivity index is 0.00000553. The van der Waals surface area contributed by atoms with Crippen LogP contribution in [0.3, 0.4) is 0 Å². The third kappa shape index (κ3) is 7.68. The van der Waals surface area contributed by atoms with Crippen LogP contribution < -0.4 is 14.5 Å². The maximum atomic E-state index is 7.14. The molecule has 0 atom stereocenters. The number of nitrogens with zero attached hydrogens (tertiary/aromatic N) is 4. The second kappa shape index (κ2) is 18.8. The van der Waals surface area contributed by atoms with E-state index in [0.717, 1.165) is 56.7 Å². The quantitative estimate of drug-likeness (QED) is 0.101. The minimum absolute atomic E-state index is 0. The molecular formula is C70H65N4OPt-3. The number of para-hydroxylation sites is 3. The third-order valence-corrected chi connectivity index (χ3v) is 18.2. The molecule has 0 spiro atoms. The first-order valence-electron chi connectivity index (χ1n) is 27.7. The molecule has 5 aliphatic rings. The number of benzene rings is 8. The van der Waals surface area contributed by atoms with Crippen LogP contribution in [-0.4, -0.2) is 16.6 Å². The van der Waals surface area contributed by atoms with E-state index in [4.69, 9.17) is 9.72 Å². The van der Waals surface area contributed by atoms with Gasteiger partial charge in [-0.3, -0.25) is 0 Å². The maximum Gasteiger partial charge on any atom is 0.135 e. The van der Waals surface area contributed by atoms with Gasteiger partial charge >= 0.3 is 0 Å². The fourth-order valence-electron chi connectivity index (χ4n) is 15.1. The van der Waals surface area contributed by atoms with E-state index < -0.39 is 0 Å². The van der Waals surface area contributed by atoms with Crippen LogP contribution in [0.4, 0.5) is 17.1 Å². The number of pyridine rings is 1. The molecule has 4 fully saturated rings. The first-order chi connectivity index (χ1) is 36.5. The van der Waals surface area contributed by atoms with Crippen LogP contribution in [-0.2, 0) is 26.5 Å². The molecule has 10 aromatic rings. The van der Waals surface area contributed by atoms with Crippen LogP contribution in [0.5, 0.6) is 11.5 Å². The van der Waals surface area contributed by atoms with Crippen molar-refractivity contribution in [2.75, 3.05) is 16.8 Å². The molecule has 6 heteroatoms. The average Bonchev–Trinajstić information content (AvgIpc) is 3.96. The number of hydrogen-bond donors (Lipinski definition) is 0. The summed E-state index contributed by atoms with van der Waals surface area (Å²) in [5.41, 5.74) is 14.5. The first-order valence-corrected chi connectivity index (χ1v) is 27.7. The average molecular weight is 1170 g/mol. The molecule has 2 aromatic heterocycles. The number of anilines is 3. The summed E-state index contributed by atoms with van der Waals surface area (Å²) in [6.45, 7) is 16.0. The van der Waals surface area contributed by atoms with E-state index in [2.05, 4.69) is 240 Å². The molecule has 3 heterocycles. The Morgan fingerprint density at radius 3 is 2.00 bits per heavy atom. The molecule has 0 amide bonds. The van der Waals surface area contributed by atoms with Crippen LogP contribution in [0.15, 0.2) is 158 Å². The molecule has 0 saturated heterocycles. The van der Waals surface area contributed by atoms with E-state index in [1.54, 1.807) is 0 Å². The zero-order valence-corrected chi connectivity index (χ0v) is 47.0. The summed E-state index contributed by atoms with van der Waals surface area (Å²) in [7, 11) is 2.11. The molecule has 8 aromatic carbocycles. The van der Waals surface area contributed by atoms with Crippen molar-refractivity contribution < 1.29 is 25.8 Å². The van der Waals surface area contributed by atoms with Gasteiger partial charge < -0.3 is 19.1 Å². The van der Waals surface area contributed by atoms with Crippen LogP contribution in [0, 0.1) is 42.5 Å². The Morgan fingerprint density at radius 1 is 0.592 bits per heavy atom. The van der Waals surface area contributed by atoms with E-state index in [-0.39, 0.29) is 26.5 Å². The summed E-state index contributed by atoms with van der Waals surface area (Å²) in [5, 5.41) is 7.67. The smallest absolute Gasteiger partial charge is 0.135 e. The van der Waals surface area contributed by atoms with Crippen molar-refractivity contribution in [3.8, 4) is 28.4 Å². The number of fused-ring (bicyclic) bond motifs is 7. The molecule has 4 bridgehead atoms. The number of aromatic nitrogens is 2. The number of hydrogen-bond acceptors (Lipinski definition) is 4. The predicted molar refractivity (Wildman–Crippen MR) is 311 cm³/mol. The normalized spacial score (nSPS) is 20.8. The Bertz CT molecular complexity index is 3850. The van der Waals surface area contributed by atoms with Crippen molar-refractivity contribution in [3.05, 3.63) is 204 Å². The van der Waals surface area contributed by atoms with E-state index in [1.165, 1.54) is 92.4 Å². The second-order valence-corrected chi connectivity index (χ2v) is 23.5. The molecule has 0 unspecified atom stereocenters. The summed E-state index contributed by atoms with van der Waals surface area (Å²) in [5.74, 6) is 6.02. The van der Waals surface area contributed by atoms with Gasteiger partial charge in [-0.25, -0.2) is 4.98 Å². The minimum Gasteiger partial charge on any atom is -0.509 e. The summed E-state index contributed by atoms with van der Waals surface area (Å²) >= 11 is 0. The van der Waals surface area contributed by atoms with Crippen molar-refractivity contribution in [1.29, 1.82) is 0 Å². The van der Waals surface area contributed by atoms with Crippen molar-refractivity contribution in [2.45, 2.75) is 96.8 Å². The van der Waals surface area contributed by atoms with Gasteiger partial charge in [-0.15, -0.1) is 47.0 Å². The molecule has 4 aliphatic carbocycles. The third-order valence-electron chi connectivity index (χ3n) is 18.2. The molecular weight excluding hydrogens is 1110 g/mol. The summed E-state index contributed by atoms with van der Waals surface area (Å²) in [6, 6.07) is 64.4. The van der Waals surface area contributed by atoms with E-state index >= 15 is 0 Å². The Hall–Kier alpha value is -6.68. The zero-order chi connectivity index (χ0) is 50.9. The summed E-state index contributed by atoms with van der Waals surface area (Å²) in [6.07, 6.45) is 8.66. The first kappa shape index (κ1) is 48.9. The zero-order valence-electron chi connectivity index (χ0n) is 44.7. The molecule has 76 heavy (non-hydrogen) atoms. The van der Waals surface area contributed by atoms with E-state index in [9.17, 15) is 0 Å². The van der Waals surface area contributed by atoms with Gasteiger partial charge in [0.05, 0.1) is 0 Å². The SMILES string of the molecule is CC(C)c1cc(C(C)C)c(-c2cc(Oc3[c-]c4c(cc3)c3ccccc3n4-c3cc(C4(c5cccc6c5ccc5ccccc56)C5CC6CC(C5)CC4C6)ccn3)[c-]c(N3[CH-]N(C)c4ccccc43)c2)c(C(C)C)c1.[Pt]. The largest absolute Gasteiger partial charge is 0.509 e. The molecule has 0 radical (unpaired) electrons. The second-order valence-electron chi connectivity index (χ2n) is 23.5. The van der Waals surface area contributed by atoms with Gasteiger partial charge in [0.15, 0.2) is 0 Å². The van der Waals surface area contributed by atoms with Gasteiger partial charge in [0.2, 0.25) is 0 Å². The van der Waals surface area contributed by atoms with Crippen LogP contribution in [0.1, 0.15) is 119 Å². The van der Waals surface area contributed by atoms with E-state index in [0.29, 0.717) is 41.1 Å².